The first-order valence-electron chi connectivity index (χ1n) is 12.9. The lowest BCUT2D eigenvalue weighted by Crippen LogP contribution is -2.26. The molecule has 3 aromatic rings. The van der Waals surface area contributed by atoms with Crippen LogP contribution in [-0.2, 0) is 17.2 Å². The first-order valence-corrected chi connectivity index (χ1v) is 13.9. The summed E-state index contributed by atoms with van der Waals surface area (Å²) in [4.78, 5) is 11.9. The Morgan fingerprint density at radius 3 is 2.26 bits per heavy atom. The molecule has 0 spiro atoms. The molecular weight excluding hydrogens is 447 g/mol. The van der Waals surface area contributed by atoms with E-state index in [1.165, 1.54) is 22.3 Å². The highest BCUT2D eigenvalue weighted by atomic mass is 31.1. The summed E-state index contributed by atoms with van der Waals surface area (Å²) in [6, 6.07) is 23.2. The second-order valence-electron chi connectivity index (χ2n) is 10.6. The van der Waals surface area contributed by atoms with Crippen LogP contribution in [0, 0.1) is 6.92 Å². The van der Waals surface area contributed by atoms with Crippen molar-refractivity contribution >= 4 is 20.2 Å². The number of unbranched alkanes of at least 4 members (excludes halogenated alkanes) is 1. The van der Waals surface area contributed by atoms with Crippen LogP contribution in [0.15, 0.2) is 66.7 Å². The Balaban J connectivity index is 2.19. The molecule has 0 fully saturated rings. The highest BCUT2D eigenvalue weighted by Crippen LogP contribution is 2.53. The zero-order valence-electron chi connectivity index (χ0n) is 22.3. The molecule has 0 amide bonds. The fourth-order valence-corrected chi connectivity index (χ4v) is 6.43. The molecule has 3 rings (SSSR count). The van der Waals surface area contributed by atoms with Gasteiger partial charge in [0.2, 0.25) is 0 Å². The minimum absolute atomic E-state index is 0.0333. The minimum Gasteiger partial charge on any atom is -0.488 e. The lowest BCUT2D eigenvalue weighted by atomic mass is 9.80. The van der Waals surface area contributed by atoms with E-state index in [9.17, 15) is 4.79 Å². The number of carbonyl (C=O) groups excluding carboxylic acids is 1. The highest BCUT2D eigenvalue weighted by Gasteiger charge is 2.35. The summed E-state index contributed by atoms with van der Waals surface area (Å²) in [5.74, 6) is 1.01. The molecule has 35 heavy (non-hydrogen) atoms. The molecule has 0 saturated heterocycles. The normalized spacial score (nSPS) is 13.7. The van der Waals surface area contributed by atoms with E-state index in [1.807, 2.05) is 18.2 Å². The predicted octanol–water partition coefficient (Wildman–Crippen LogP) is 8.48. The molecule has 2 unspecified atom stereocenters. The first kappa shape index (κ1) is 27.2. The van der Waals surface area contributed by atoms with Crippen LogP contribution < -0.4 is 10.0 Å². The van der Waals surface area contributed by atoms with Crippen molar-refractivity contribution in [3.63, 3.8) is 0 Å². The van der Waals surface area contributed by atoms with E-state index in [0.29, 0.717) is 15.2 Å². The van der Waals surface area contributed by atoms with Gasteiger partial charge in [-0.05, 0) is 47.2 Å². The fourth-order valence-electron chi connectivity index (χ4n) is 4.65. The Morgan fingerprint density at radius 2 is 1.63 bits per heavy atom. The maximum absolute atomic E-state index is 11.9. The van der Waals surface area contributed by atoms with E-state index in [1.54, 1.807) is 0 Å². The molecular formula is C32H41O2P. The van der Waals surface area contributed by atoms with Crippen LogP contribution in [0.5, 0.6) is 5.75 Å². The summed E-state index contributed by atoms with van der Waals surface area (Å²) < 4.78 is 6.64. The molecule has 186 valence electrons. The largest absolute Gasteiger partial charge is 0.488 e. The average Bonchev–Trinajstić information content (AvgIpc) is 2.85. The Kier molecular flexibility index (Phi) is 9.31. The molecule has 2 atom stereocenters. The SMILES string of the molecule is CCCCC(CC)(Pc1ccccc1C=O)c1cc(C(C)(C)C)cc(C)c1OCc1ccccc1. The highest BCUT2D eigenvalue weighted by molar-refractivity contribution is 7.48. The Bertz CT molecular complexity index is 1110. The Morgan fingerprint density at radius 1 is 0.943 bits per heavy atom. The van der Waals surface area contributed by atoms with Gasteiger partial charge in [-0.1, -0.05) is 123 Å². The van der Waals surface area contributed by atoms with E-state index >= 15 is 0 Å². The molecule has 0 radical (unpaired) electrons. The molecule has 3 aromatic carbocycles. The van der Waals surface area contributed by atoms with Crippen LogP contribution in [0.3, 0.4) is 0 Å². The second-order valence-corrected chi connectivity index (χ2v) is 12.3. The smallest absolute Gasteiger partial charge is 0.150 e. The topological polar surface area (TPSA) is 26.3 Å². The number of benzene rings is 3. The summed E-state index contributed by atoms with van der Waals surface area (Å²) >= 11 is 0. The van der Waals surface area contributed by atoms with Gasteiger partial charge in [0, 0.05) is 16.3 Å². The number of hydrogen-bond donors (Lipinski definition) is 0. The van der Waals surface area contributed by atoms with Gasteiger partial charge in [0.1, 0.15) is 12.4 Å². The van der Waals surface area contributed by atoms with Gasteiger partial charge in [-0.2, -0.15) is 0 Å². The van der Waals surface area contributed by atoms with Crippen LogP contribution in [0.25, 0.3) is 0 Å². The number of rotatable bonds is 11. The number of ether oxygens (including phenoxy) is 1. The van der Waals surface area contributed by atoms with Gasteiger partial charge in [0.25, 0.3) is 0 Å². The van der Waals surface area contributed by atoms with Crippen molar-refractivity contribution < 1.29 is 9.53 Å². The maximum atomic E-state index is 11.9. The van der Waals surface area contributed by atoms with Gasteiger partial charge in [0.15, 0.2) is 6.29 Å². The van der Waals surface area contributed by atoms with Crippen molar-refractivity contribution in [2.45, 2.75) is 84.4 Å². The predicted molar refractivity (Wildman–Crippen MR) is 152 cm³/mol. The summed E-state index contributed by atoms with van der Waals surface area (Å²) in [6.45, 7) is 14.1. The summed E-state index contributed by atoms with van der Waals surface area (Å²) in [5, 5.41) is 1.06. The van der Waals surface area contributed by atoms with Crippen molar-refractivity contribution in [3.05, 3.63) is 94.5 Å². The molecule has 0 N–H and O–H groups in total. The van der Waals surface area contributed by atoms with E-state index < -0.39 is 0 Å². The van der Waals surface area contributed by atoms with E-state index in [2.05, 4.69) is 90.1 Å². The van der Waals surface area contributed by atoms with Crippen molar-refractivity contribution in [1.82, 2.24) is 0 Å². The number of aldehydes is 1. The number of aryl methyl sites for hydroxylation is 1. The second kappa shape index (κ2) is 12.0. The molecule has 0 aliphatic carbocycles. The lowest BCUT2D eigenvalue weighted by Gasteiger charge is -2.37. The quantitative estimate of drug-likeness (QED) is 0.200. The molecule has 3 heteroatoms. The van der Waals surface area contributed by atoms with E-state index in [0.717, 1.165) is 48.6 Å². The third-order valence-electron chi connectivity index (χ3n) is 6.90. The Hall–Kier alpha value is -2.44. The van der Waals surface area contributed by atoms with Gasteiger partial charge >= 0.3 is 0 Å². The minimum atomic E-state index is -0.0901. The monoisotopic (exact) mass is 488 g/mol. The van der Waals surface area contributed by atoms with Crippen molar-refractivity contribution in [2.24, 2.45) is 0 Å². The zero-order valence-corrected chi connectivity index (χ0v) is 23.3. The molecule has 0 aliphatic heterocycles. The molecule has 0 aliphatic rings. The fraction of sp³-hybridized carbons (Fsp3) is 0.406. The maximum Gasteiger partial charge on any atom is 0.150 e. The van der Waals surface area contributed by atoms with Gasteiger partial charge in [-0.25, -0.2) is 0 Å². The van der Waals surface area contributed by atoms with Crippen LogP contribution in [0.2, 0.25) is 0 Å². The van der Waals surface area contributed by atoms with Crippen LogP contribution >= 0.6 is 8.58 Å². The van der Waals surface area contributed by atoms with Crippen LogP contribution in [-0.4, -0.2) is 6.29 Å². The van der Waals surface area contributed by atoms with Crippen molar-refractivity contribution in [1.29, 1.82) is 0 Å². The number of hydrogen-bond acceptors (Lipinski definition) is 2. The molecule has 2 nitrogen and oxygen atoms in total. The third-order valence-corrected chi connectivity index (χ3v) is 8.98. The summed E-state index contributed by atoms with van der Waals surface area (Å²) in [6.07, 6.45) is 5.35. The van der Waals surface area contributed by atoms with E-state index in [-0.39, 0.29) is 10.6 Å². The van der Waals surface area contributed by atoms with Crippen LogP contribution in [0.4, 0.5) is 0 Å². The standard InChI is InChI=1S/C32H41O2P/c1-7-9-19-32(8-2,35-29-18-14-13-17-26(29)22-33)28-21-27(31(4,5)6)20-24(3)30(28)34-23-25-15-11-10-12-16-25/h10-18,20-22,35H,7-9,19,23H2,1-6H3. The Labute approximate surface area is 214 Å². The van der Waals surface area contributed by atoms with E-state index in [4.69, 9.17) is 4.74 Å². The zero-order chi connectivity index (χ0) is 25.5. The average molecular weight is 489 g/mol. The summed E-state index contributed by atoms with van der Waals surface area (Å²) in [5.41, 5.74) is 5.82. The molecule has 0 bridgehead atoms. The molecule has 0 aromatic heterocycles. The summed E-state index contributed by atoms with van der Waals surface area (Å²) in [7, 11) is 0.491. The first-order chi connectivity index (χ1) is 16.7. The van der Waals surface area contributed by atoms with Gasteiger partial charge in [0.05, 0.1) is 0 Å². The van der Waals surface area contributed by atoms with Crippen molar-refractivity contribution in [3.8, 4) is 5.75 Å². The van der Waals surface area contributed by atoms with Gasteiger partial charge < -0.3 is 4.74 Å². The van der Waals surface area contributed by atoms with Crippen LogP contribution in [0.1, 0.15) is 92.9 Å². The lowest BCUT2D eigenvalue weighted by molar-refractivity contribution is 0.112. The van der Waals surface area contributed by atoms with Crippen molar-refractivity contribution in [2.75, 3.05) is 0 Å². The van der Waals surface area contributed by atoms with Gasteiger partial charge in [-0.15, -0.1) is 0 Å². The van der Waals surface area contributed by atoms with Gasteiger partial charge in [-0.3, -0.25) is 4.79 Å². The molecule has 0 saturated carbocycles. The number of carbonyl (C=O) groups is 1. The third kappa shape index (κ3) is 6.62. The molecule has 0 heterocycles.